The first-order valence-electron chi connectivity index (χ1n) is 11.6. The molecule has 0 aromatic rings. The molecule has 0 aliphatic heterocycles. The summed E-state index contributed by atoms with van der Waals surface area (Å²) >= 11 is 0. The third-order valence-electron chi connectivity index (χ3n) is 5.19. The van der Waals surface area contributed by atoms with Crippen LogP contribution in [0.5, 0.6) is 0 Å². The van der Waals surface area contributed by atoms with E-state index in [9.17, 15) is 14.7 Å². The van der Waals surface area contributed by atoms with Gasteiger partial charge in [-0.15, -0.1) is 6.58 Å². The minimum atomic E-state index is -0.880. The lowest BCUT2D eigenvalue weighted by Gasteiger charge is -2.11. The monoisotopic (exact) mass is 396 g/mol. The van der Waals surface area contributed by atoms with Gasteiger partial charge in [0, 0.05) is 0 Å². The van der Waals surface area contributed by atoms with Gasteiger partial charge in [-0.3, -0.25) is 9.59 Å². The molecule has 4 nitrogen and oxygen atoms in total. The topological polar surface area (TPSA) is 63.6 Å². The second kappa shape index (κ2) is 20.4. The molecule has 0 radical (unpaired) electrons. The molecule has 0 bridgehead atoms. The van der Waals surface area contributed by atoms with Gasteiger partial charge in [0.2, 0.25) is 0 Å². The minimum Gasteiger partial charge on any atom is -0.481 e. The van der Waals surface area contributed by atoms with Gasteiger partial charge in [-0.05, 0) is 25.7 Å². The number of allylic oxidation sites excluding steroid dienone is 1. The Morgan fingerprint density at radius 3 is 1.75 bits per heavy atom. The Bertz CT molecular complexity index is 392. The molecule has 0 rings (SSSR count). The van der Waals surface area contributed by atoms with Crippen molar-refractivity contribution in [1.82, 2.24) is 0 Å². The summed E-state index contributed by atoms with van der Waals surface area (Å²) in [5.74, 6) is -1.86. The Morgan fingerprint density at radius 2 is 1.32 bits per heavy atom. The highest BCUT2D eigenvalue weighted by Gasteiger charge is 2.21. The van der Waals surface area contributed by atoms with E-state index in [0.29, 0.717) is 13.0 Å². The van der Waals surface area contributed by atoms with Gasteiger partial charge in [-0.2, -0.15) is 0 Å². The van der Waals surface area contributed by atoms with Crippen LogP contribution in [0.3, 0.4) is 0 Å². The summed E-state index contributed by atoms with van der Waals surface area (Å²) in [5, 5.41) is 9.25. The van der Waals surface area contributed by atoms with Crippen molar-refractivity contribution in [2.24, 2.45) is 5.92 Å². The zero-order valence-corrected chi connectivity index (χ0v) is 18.3. The van der Waals surface area contributed by atoms with Crippen LogP contribution in [0.2, 0.25) is 0 Å². The molecular formula is C24H44O4. The highest BCUT2D eigenvalue weighted by Crippen LogP contribution is 2.17. The average molecular weight is 397 g/mol. The number of ether oxygens (including phenoxy) is 1. The molecule has 164 valence electrons. The maximum absolute atomic E-state index is 11.6. The Kier molecular flexibility index (Phi) is 19.5. The van der Waals surface area contributed by atoms with Crippen LogP contribution in [-0.2, 0) is 14.3 Å². The predicted molar refractivity (Wildman–Crippen MR) is 116 cm³/mol. The molecule has 0 aromatic carbocycles. The summed E-state index contributed by atoms with van der Waals surface area (Å²) in [6.45, 7) is 6.05. The van der Waals surface area contributed by atoms with Gasteiger partial charge in [-0.1, -0.05) is 90.0 Å². The normalized spacial score (nSPS) is 11.9. The number of carbonyl (C=O) groups is 2. The molecule has 0 heterocycles. The molecule has 0 aliphatic rings. The fraction of sp³-hybridized carbons (Fsp3) is 0.833. The molecule has 0 aliphatic carbocycles. The zero-order valence-electron chi connectivity index (χ0n) is 18.3. The van der Waals surface area contributed by atoms with Gasteiger partial charge in [0.25, 0.3) is 0 Å². The van der Waals surface area contributed by atoms with Gasteiger partial charge < -0.3 is 9.84 Å². The van der Waals surface area contributed by atoms with Crippen LogP contribution in [0.4, 0.5) is 0 Å². The lowest BCUT2D eigenvalue weighted by Crippen LogP contribution is -2.19. The second-order valence-electron chi connectivity index (χ2n) is 7.92. The van der Waals surface area contributed by atoms with Crippen molar-refractivity contribution in [1.29, 1.82) is 0 Å². The Hall–Kier alpha value is -1.32. The lowest BCUT2D eigenvalue weighted by molar-refractivity contribution is -0.151. The van der Waals surface area contributed by atoms with Crippen molar-refractivity contribution in [3.8, 4) is 0 Å². The van der Waals surface area contributed by atoms with Crippen LogP contribution in [-0.4, -0.2) is 23.7 Å². The standard InChI is InChI=1S/C24H44O4/c1-3-5-6-7-8-9-10-11-12-13-14-15-16-17-18-19-22(24(26)27)21-23(25)28-20-4-2/h3,22H,1,4-21H2,2H3,(H,26,27). The first-order chi connectivity index (χ1) is 13.6. The molecule has 28 heavy (non-hydrogen) atoms. The number of carboxylic acid groups (broad SMARTS) is 1. The van der Waals surface area contributed by atoms with Gasteiger partial charge in [-0.25, -0.2) is 0 Å². The molecule has 0 amide bonds. The number of hydrogen-bond donors (Lipinski definition) is 1. The highest BCUT2D eigenvalue weighted by atomic mass is 16.5. The van der Waals surface area contributed by atoms with Gasteiger partial charge in [0.15, 0.2) is 0 Å². The molecule has 0 saturated carbocycles. The average Bonchev–Trinajstić information content (AvgIpc) is 2.68. The van der Waals surface area contributed by atoms with Crippen LogP contribution in [0.1, 0.15) is 116 Å². The number of unbranched alkanes of at least 4 members (excludes halogenated alkanes) is 13. The molecule has 0 saturated heterocycles. The molecule has 0 spiro atoms. The number of esters is 1. The summed E-state index contributed by atoms with van der Waals surface area (Å²) in [5.41, 5.74) is 0. The number of carboxylic acids is 1. The third-order valence-corrected chi connectivity index (χ3v) is 5.19. The van der Waals surface area contributed by atoms with Crippen LogP contribution in [0.25, 0.3) is 0 Å². The van der Waals surface area contributed by atoms with Crippen molar-refractivity contribution < 1.29 is 19.4 Å². The van der Waals surface area contributed by atoms with E-state index in [1.807, 2.05) is 13.0 Å². The zero-order chi connectivity index (χ0) is 20.9. The predicted octanol–water partition coefficient (Wildman–Crippen LogP) is 7.07. The summed E-state index contributed by atoms with van der Waals surface area (Å²) in [4.78, 5) is 22.9. The number of carbonyl (C=O) groups excluding carboxylic acids is 1. The van der Waals surface area contributed by atoms with E-state index in [-0.39, 0.29) is 12.4 Å². The van der Waals surface area contributed by atoms with E-state index in [1.165, 1.54) is 64.2 Å². The Labute approximate surface area is 173 Å². The summed E-state index contributed by atoms with van der Waals surface area (Å²) in [6.07, 6.45) is 20.9. The van der Waals surface area contributed by atoms with Gasteiger partial charge >= 0.3 is 11.9 Å². The summed E-state index contributed by atoms with van der Waals surface area (Å²) < 4.78 is 4.99. The molecule has 4 heteroatoms. The SMILES string of the molecule is C=CCCCCCCCCCCCCCCCC(CC(=O)OCCC)C(=O)O. The molecule has 0 aromatic heterocycles. The van der Waals surface area contributed by atoms with Crippen LogP contribution in [0.15, 0.2) is 12.7 Å². The van der Waals surface area contributed by atoms with Crippen molar-refractivity contribution in [3.63, 3.8) is 0 Å². The highest BCUT2D eigenvalue weighted by molar-refractivity contribution is 5.78. The van der Waals surface area contributed by atoms with Crippen molar-refractivity contribution in [2.45, 2.75) is 116 Å². The fourth-order valence-corrected chi connectivity index (χ4v) is 3.41. The van der Waals surface area contributed by atoms with Crippen molar-refractivity contribution >= 4 is 11.9 Å². The van der Waals surface area contributed by atoms with Crippen molar-refractivity contribution in [3.05, 3.63) is 12.7 Å². The molecule has 1 N–H and O–H groups in total. The van der Waals surface area contributed by atoms with E-state index >= 15 is 0 Å². The largest absolute Gasteiger partial charge is 0.481 e. The van der Waals surface area contributed by atoms with Gasteiger partial charge in [0.05, 0.1) is 18.9 Å². The molecule has 1 unspecified atom stereocenters. The minimum absolute atomic E-state index is 0.00356. The third kappa shape index (κ3) is 18.1. The quantitative estimate of drug-likeness (QED) is 0.128. The lowest BCUT2D eigenvalue weighted by atomic mass is 9.97. The van der Waals surface area contributed by atoms with Crippen molar-refractivity contribution in [2.75, 3.05) is 6.61 Å². The number of aliphatic carboxylic acids is 1. The molecule has 1 atom stereocenters. The summed E-state index contributed by atoms with van der Waals surface area (Å²) in [6, 6.07) is 0. The Balaban J connectivity index is 3.45. The van der Waals surface area contributed by atoms with E-state index in [2.05, 4.69) is 6.58 Å². The molecular weight excluding hydrogens is 352 g/mol. The second-order valence-corrected chi connectivity index (χ2v) is 7.92. The van der Waals surface area contributed by atoms with E-state index in [1.54, 1.807) is 0 Å². The maximum Gasteiger partial charge on any atom is 0.307 e. The van der Waals surface area contributed by atoms with Crippen LogP contribution >= 0.6 is 0 Å². The van der Waals surface area contributed by atoms with Crippen LogP contribution in [0, 0.1) is 5.92 Å². The first kappa shape index (κ1) is 26.7. The number of rotatable bonds is 21. The smallest absolute Gasteiger partial charge is 0.307 e. The number of hydrogen-bond acceptors (Lipinski definition) is 3. The van der Waals surface area contributed by atoms with E-state index < -0.39 is 11.9 Å². The fourth-order valence-electron chi connectivity index (χ4n) is 3.41. The van der Waals surface area contributed by atoms with Crippen LogP contribution < -0.4 is 0 Å². The van der Waals surface area contributed by atoms with E-state index in [4.69, 9.17) is 4.74 Å². The Morgan fingerprint density at radius 1 is 0.857 bits per heavy atom. The maximum atomic E-state index is 11.6. The van der Waals surface area contributed by atoms with E-state index in [0.717, 1.165) is 32.1 Å². The first-order valence-corrected chi connectivity index (χ1v) is 11.6. The van der Waals surface area contributed by atoms with Gasteiger partial charge in [0.1, 0.15) is 0 Å². The summed E-state index contributed by atoms with van der Waals surface area (Å²) in [7, 11) is 0. The molecule has 0 fully saturated rings.